The minimum absolute atomic E-state index is 0.147. The number of piperidine rings is 1. The topological polar surface area (TPSA) is 62.8 Å². The van der Waals surface area contributed by atoms with E-state index in [1.54, 1.807) is 0 Å². The van der Waals surface area contributed by atoms with Crippen LogP contribution >= 0.6 is 11.3 Å². The molecular weight excluding hydrogens is 398 g/mol. The van der Waals surface area contributed by atoms with E-state index in [0.29, 0.717) is 12.0 Å². The van der Waals surface area contributed by atoms with E-state index in [-0.39, 0.29) is 12.1 Å². The van der Waals surface area contributed by atoms with Gasteiger partial charge in [0.15, 0.2) is 5.72 Å². The summed E-state index contributed by atoms with van der Waals surface area (Å²) in [6.07, 6.45) is 5.27. The number of hydrogen-bond donors (Lipinski definition) is 2. The fourth-order valence-corrected chi connectivity index (χ4v) is 5.90. The Morgan fingerprint density at radius 2 is 2.00 bits per heavy atom. The maximum absolute atomic E-state index is 12.5. The summed E-state index contributed by atoms with van der Waals surface area (Å²) in [6, 6.07) is 6.48. The Hall–Kier alpha value is -2.09. The average molecular weight is 428 g/mol. The first-order valence-corrected chi connectivity index (χ1v) is 11.8. The van der Waals surface area contributed by atoms with E-state index in [1.807, 2.05) is 10.8 Å². The SMILES string of the molecule is COC(=O)c1cscc1C1(OC2CCNCC2)Cc2c(cccc2N2CCCC2)N1. The number of rotatable bonds is 5. The molecule has 7 heteroatoms. The van der Waals surface area contributed by atoms with Crippen LogP contribution in [0.25, 0.3) is 0 Å². The molecule has 0 radical (unpaired) electrons. The predicted octanol–water partition coefficient (Wildman–Crippen LogP) is 3.72. The molecule has 1 atom stereocenters. The van der Waals surface area contributed by atoms with E-state index in [1.165, 1.54) is 42.5 Å². The fourth-order valence-electron chi connectivity index (χ4n) is 5.02. The Balaban J connectivity index is 1.55. The van der Waals surface area contributed by atoms with Gasteiger partial charge in [0.25, 0.3) is 0 Å². The summed E-state index contributed by atoms with van der Waals surface area (Å²) < 4.78 is 11.9. The van der Waals surface area contributed by atoms with Crippen LogP contribution in [0.15, 0.2) is 29.0 Å². The van der Waals surface area contributed by atoms with Crippen LogP contribution in [0, 0.1) is 0 Å². The van der Waals surface area contributed by atoms with Crippen molar-refractivity contribution in [2.24, 2.45) is 0 Å². The summed E-state index contributed by atoms with van der Waals surface area (Å²) in [6.45, 7) is 4.12. The molecule has 1 aromatic carbocycles. The molecular formula is C23H29N3O3S. The van der Waals surface area contributed by atoms with Gasteiger partial charge in [0.1, 0.15) is 0 Å². The monoisotopic (exact) mass is 427 g/mol. The Bertz CT molecular complexity index is 918. The lowest BCUT2D eigenvalue weighted by Gasteiger charge is -2.36. The molecule has 2 fully saturated rings. The van der Waals surface area contributed by atoms with E-state index >= 15 is 0 Å². The molecule has 160 valence electrons. The third kappa shape index (κ3) is 3.49. The predicted molar refractivity (Wildman–Crippen MR) is 120 cm³/mol. The summed E-state index contributed by atoms with van der Waals surface area (Å²) >= 11 is 1.52. The van der Waals surface area contributed by atoms with Crippen molar-refractivity contribution in [2.75, 3.05) is 43.5 Å². The van der Waals surface area contributed by atoms with Crippen molar-refractivity contribution in [2.45, 2.75) is 43.9 Å². The van der Waals surface area contributed by atoms with Crippen LogP contribution in [0.1, 0.15) is 47.2 Å². The van der Waals surface area contributed by atoms with E-state index in [4.69, 9.17) is 9.47 Å². The van der Waals surface area contributed by atoms with Crippen LogP contribution < -0.4 is 15.5 Å². The summed E-state index contributed by atoms with van der Waals surface area (Å²) in [5.74, 6) is -0.308. The van der Waals surface area contributed by atoms with Crippen LogP contribution in [0.4, 0.5) is 11.4 Å². The second kappa shape index (κ2) is 8.21. The zero-order valence-electron chi connectivity index (χ0n) is 17.4. The number of hydrogen-bond acceptors (Lipinski definition) is 7. The van der Waals surface area contributed by atoms with Gasteiger partial charge in [-0.05, 0) is 56.3 Å². The average Bonchev–Trinajstić information content (AvgIpc) is 3.52. The lowest BCUT2D eigenvalue weighted by atomic mass is 9.95. The third-order valence-corrected chi connectivity index (χ3v) is 7.26. The van der Waals surface area contributed by atoms with Crippen molar-refractivity contribution >= 4 is 28.7 Å². The molecule has 30 heavy (non-hydrogen) atoms. The van der Waals surface area contributed by atoms with Crippen molar-refractivity contribution in [3.05, 3.63) is 45.6 Å². The maximum Gasteiger partial charge on any atom is 0.339 e. The molecule has 0 spiro atoms. The molecule has 2 N–H and O–H groups in total. The second-order valence-corrected chi connectivity index (χ2v) is 9.13. The summed E-state index contributed by atoms with van der Waals surface area (Å²) in [4.78, 5) is 15.0. The number of thiophene rings is 1. The first-order chi connectivity index (χ1) is 14.7. The first kappa shape index (κ1) is 19.8. The van der Waals surface area contributed by atoms with Crippen LogP contribution in [0.2, 0.25) is 0 Å². The highest BCUT2D eigenvalue weighted by molar-refractivity contribution is 7.08. The van der Waals surface area contributed by atoms with Crippen molar-refractivity contribution < 1.29 is 14.3 Å². The highest BCUT2D eigenvalue weighted by atomic mass is 32.1. The van der Waals surface area contributed by atoms with Crippen molar-refractivity contribution in [1.29, 1.82) is 0 Å². The third-order valence-electron chi connectivity index (χ3n) is 6.52. The summed E-state index contributed by atoms with van der Waals surface area (Å²) in [5, 5.41) is 11.0. The quantitative estimate of drug-likeness (QED) is 0.709. The van der Waals surface area contributed by atoms with Gasteiger partial charge in [0.2, 0.25) is 0 Å². The molecule has 1 unspecified atom stereocenters. The Labute approximate surface area is 181 Å². The number of anilines is 2. The molecule has 0 saturated carbocycles. The lowest BCUT2D eigenvalue weighted by Crippen LogP contribution is -2.44. The van der Waals surface area contributed by atoms with Gasteiger partial charge in [-0.2, -0.15) is 11.3 Å². The van der Waals surface area contributed by atoms with Gasteiger partial charge in [-0.25, -0.2) is 4.79 Å². The molecule has 0 bridgehead atoms. The van der Waals surface area contributed by atoms with Gasteiger partial charge < -0.3 is 25.0 Å². The van der Waals surface area contributed by atoms with Gasteiger partial charge in [-0.15, -0.1) is 0 Å². The molecule has 1 aromatic heterocycles. The van der Waals surface area contributed by atoms with Crippen molar-refractivity contribution in [1.82, 2.24) is 5.32 Å². The molecule has 5 rings (SSSR count). The molecule has 3 aliphatic rings. The molecule has 0 aliphatic carbocycles. The maximum atomic E-state index is 12.5. The van der Waals surface area contributed by atoms with Gasteiger partial charge in [0.05, 0.1) is 18.8 Å². The number of nitrogens with zero attached hydrogens (tertiary/aromatic N) is 1. The molecule has 0 amide bonds. The second-order valence-electron chi connectivity index (χ2n) is 8.38. The number of methoxy groups -OCH3 is 1. The lowest BCUT2D eigenvalue weighted by molar-refractivity contribution is -0.0873. The summed E-state index contributed by atoms with van der Waals surface area (Å²) in [7, 11) is 1.44. The molecule has 6 nitrogen and oxygen atoms in total. The van der Waals surface area contributed by atoms with Crippen molar-refractivity contribution in [3.63, 3.8) is 0 Å². The molecule has 4 heterocycles. The number of esters is 1. The zero-order valence-corrected chi connectivity index (χ0v) is 18.2. The van der Waals surface area contributed by atoms with Gasteiger partial charge in [0, 0.05) is 47.4 Å². The van der Waals surface area contributed by atoms with Crippen LogP contribution in [-0.4, -0.2) is 45.4 Å². The molecule has 3 aliphatic heterocycles. The molecule has 2 aromatic rings. The number of carbonyl (C=O) groups excluding carboxylic acids is 1. The highest BCUT2D eigenvalue weighted by Gasteiger charge is 2.45. The largest absolute Gasteiger partial charge is 0.465 e. The van der Waals surface area contributed by atoms with E-state index < -0.39 is 5.72 Å². The Kier molecular flexibility index (Phi) is 5.43. The standard InChI is InChI=1S/C23H29N3O3S/c1-28-22(27)18-14-30-15-19(18)23(29-16-7-9-24-10-8-16)13-17-20(25-23)5-4-6-21(17)26-11-2-3-12-26/h4-6,14-16,24-25H,2-3,7-13H2,1H3. The number of ether oxygens (including phenoxy) is 2. The van der Waals surface area contributed by atoms with Crippen LogP contribution in [0.5, 0.6) is 0 Å². The first-order valence-electron chi connectivity index (χ1n) is 10.9. The number of fused-ring (bicyclic) bond motifs is 1. The van der Waals surface area contributed by atoms with E-state index in [0.717, 1.165) is 50.3 Å². The van der Waals surface area contributed by atoms with Crippen LogP contribution in [-0.2, 0) is 21.6 Å². The number of carbonyl (C=O) groups is 1. The minimum atomic E-state index is -0.746. The van der Waals surface area contributed by atoms with E-state index in [9.17, 15) is 4.79 Å². The smallest absolute Gasteiger partial charge is 0.339 e. The zero-order chi connectivity index (χ0) is 20.6. The molecule has 2 saturated heterocycles. The van der Waals surface area contributed by atoms with Gasteiger partial charge in [-0.3, -0.25) is 0 Å². The number of nitrogens with one attached hydrogen (secondary N) is 2. The summed E-state index contributed by atoms with van der Waals surface area (Å²) in [5.41, 5.74) is 4.43. The van der Waals surface area contributed by atoms with Gasteiger partial charge >= 0.3 is 5.97 Å². The Morgan fingerprint density at radius 3 is 2.77 bits per heavy atom. The Morgan fingerprint density at radius 1 is 1.20 bits per heavy atom. The highest BCUT2D eigenvalue weighted by Crippen LogP contribution is 2.47. The number of benzene rings is 1. The minimum Gasteiger partial charge on any atom is -0.465 e. The fraction of sp³-hybridized carbons (Fsp3) is 0.522. The van der Waals surface area contributed by atoms with Crippen molar-refractivity contribution in [3.8, 4) is 0 Å². The normalized spacial score (nSPS) is 24.0. The van der Waals surface area contributed by atoms with E-state index in [2.05, 4.69) is 33.7 Å². The van der Waals surface area contributed by atoms with Crippen LogP contribution in [0.3, 0.4) is 0 Å². The van der Waals surface area contributed by atoms with Gasteiger partial charge in [-0.1, -0.05) is 6.07 Å².